The molecule has 0 unspecified atom stereocenters. The lowest BCUT2D eigenvalue weighted by Gasteiger charge is -2.03. The topological polar surface area (TPSA) is 135 Å². The fourth-order valence-electron chi connectivity index (χ4n) is 3.30. The number of nitrogens with one attached hydrogen (secondary N) is 2. The van der Waals surface area contributed by atoms with Crippen LogP contribution in [0.1, 0.15) is 48.2 Å². The van der Waals surface area contributed by atoms with Gasteiger partial charge in [-0.2, -0.15) is 0 Å². The first kappa shape index (κ1) is 25.4. The summed E-state index contributed by atoms with van der Waals surface area (Å²) in [4.78, 5) is 47.0. The van der Waals surface area contributed by atoms with Crippen LogP contribution in [0.4, 0.5) is 5.69 Å². The zero-order valence-corrected chi connectivity index (χ0v) is 19.1. The number of rotatable bonds is 6. The Morgan fingerprint density at radius 2 is 1.70 bits per heavy atom. The lowest BCUT2D eigenvalue weighted by atomic mass is 9.99. The Morgan fingerprint density at radius 1 is 1.06 bits per heavy atom. The van der Waals surface area contributed by atoms with Crippen molar-refractivity contribution in [2.45, 2.75) is 40.5 Å². The fraction of sp³-hybridized carbons (Fsp3) is 0.333. The minimum atomic E-state index is -0.927. The second kappa shape index (κ2) is 11.7. The minimum Gasteiger partial charge on any atom is -0.481 e. The first-order valence-electron chi connectivity index (χ1n) is 10.5. The molecule has 9 nitrogen and oxygen atoms in total. The number of ether oxygens (including phenoxy) is 2. The van der Waals surface area contributed by atoms with Crippen LogP contribution in [-0.2, 0) is 35.1 Å². The Balaban J connectivity index is 0.000000328. The number of anilines is 1. The maximum atomic E-state index is 12.2. The van der Waals surface area contributed by atoms with E-state index in [1.165, 1.54) is 0 Å². The van der Waals surface area contributed by atoms with E-state index < -0.39 is 17.9 Å². The number of aryl methyl sites for hydroxylation is 2. The largest absolute Gasteiger partial charge is 0.481 e. The summed E-state index contributed by atoms with van der Waals surface area (Å²) in [6.45, 7) is 7.54. The van der Waals surface area contributed by atoms with E-state index >= 15 is 0 Å². The van der Waals surface area contributed by atoms with E-state index in [4.69, 9.17) is 5.11 Å². The molecule has 1 aromatic heterocycles. The summed E-state index contributed by atoms with van der Waals surface area (Å²) in [6, 6.07) is 5.79. The van der Waals surface area contributed by atoms with Crippen molar-refractivity contribution in [1.82, 2.24) is 4.98 Å². The summed E-state index contributed by atoms with van der Waals surface area (Å²) < 4.78 is 8.69. The van der Waals surface area contributed by atoms with Gasteiger partial charge >= 0.3 is 17.9 Å². The smallest absolute Gasteiger partial charge is 0.417 e. The highest BCUT2D eigenvalue weighted by atomic mass is 16.6. The third kappa shape index (κ3) is 6.55. The number of aliphatic carboxylic acids is 1. The molecule has 2 aromatic rings. The molecule has 1 amide bonds. The van der Waals surface area contributed by atoms with E-state index in [1.807, 2.05) is 44.3 Å². The Hall–Kier alpha value is -3.88. The van der Waals surface area contributed by atoms with Gasteiger partial charge < -0.3 is 24.9 Å². The number of carboxylic acid groups (broad SMARTS) is 1. The lowest BCUT2D eigenvalue weighted by Crippen LogP contribution is -2.19. The molecule has 0 radical (unpaired) electrons. The Bertz CT molecular complexity index is 1070. The molecule has 0 saturated heterocycles. The zero-order valence-electron chi connectivity index (χ0n) is 19.1. The van der Waals surface area contributed by atoms with Crippen molar-refractivity contribution in [3.8, 4) is 0 Å². The number of hydrogen-bond acceptors (Lipinski definition) is 6. The molecular weight excluding hydrogens is 428 g/mol. The van der Waals surface area contributed by atoms with Crippen LogP contribution >= 0.6 is 0 Å². The number of fused-ring (bicyclic) bond motifs is 1. The molecule has 0 fully saturated rings. The van der Waals surface area contributed by atoms with Crippen LogP contribution in [0.5, 0.6) is 0 Å². The molecule has 0 aliphatic carbocycles. The quantitative estimate of drug-likeness (QED) is 0.345. The van der Waals surface area contributed by atoms with Crippen LogP contribution < -0.4 is 5.32 Å². The van der Waals surface area contributed by atoms with Gasteiger partial charge in [-0.25, -0.2) is 9.59 Å². The Kier molecular flexibility index (Phi) is 8.97. The van der Waals surface area contributed by atoms with Crippen molar-refractivity contribution >= 4 is 41.2 Å². The lowest BCUT2D eigenvalue weighted by molar-refractivity contribution is -0.167. The van der Waals surface area contributed by atoms with Crippen LogP contribution in [0.15, 0.2) is 24.4 Å². The molecule has 0 atom stereocenters. The molecule has 0 spiro atoms. The van der Waals surface area contributed by atoms with E-state index in [0.717, 1.165) is 33.6 Å². The van der Waals surface area contributed by atoms with Gasteiger partial charge in [0.15, 0.2) is 0 Å². The molecule has 1 aliphatic heterocycles. The van der Waals surface area contributed by atoms with E-state index in [0.29, 0.717) is 12.0 Å². The van der Waals surface area contributed by atoms with Gasteiger partial charge in [-0.15, -0.1) is 0 Å². The number of carbonyl (C=O) groups is 4. The number of H-pyrrole nitrogens is 1. The van der Waals surface area contributed by atoms with Gasteiger partial charge in [0.1, 0.15) is 0 Å². The van der Waals surface area contributed by atoms with Crippen molar-refractivity contribution in [3.63, 3.8) is 0 Å². The number of amides is 1. The first-order chi connectivity index (χ1) is 15.7. The summed E-state index contributed by atoms with van der Waals surface area (Å²) >= 11 is 0. The predicted molar refractivity (Wildman–Crippen MR) is 122 cm³/mol. The number of benzene rings is 1. The average molecular weight is 456 g/mol. The van der Waals surface area contributed by atoms with Gasteiger partial charge in [-0.05, 0) is 62.9 Å². The summed E-state index contributed by atoms with van der Waals surface area (Å²) in [5.74, 6) is -2.78. The van der Waals surface area contributed by atoms with Gasteiger partial charge in [0, 0.05) is 29.6 Å². The third-order valence-corrected chi connectivity index (χ3v) is 4.94. The summed E-state index contributed by atoms with van der Waals surface area (Å²) in [7, 11) is 0. The molecule has 9 heteroatoms. The van der Waals surface area contributed by atoms with E-state index in [2.05, 4.69) is 19.8 Å². The Morgan fingerprint density at radius 3 is 2.27 bits per heavy atom. The van der Waals surface area contributed by atoms with Crippen molar-refractivity contribution < 1.29 is 33.8 Å². The number of hydrogen-bond donors (Lipinski definition) is 3. The second-order valence-corrected chi connectivity index (χ2v) is 7.20. The molecule has 3 N–H and O–H groups in total. The summed E-state index contributed by atoms with van der Waals surface area (Å²) in [5, 5.41) is 11.7. The van der Waals surface area contributed by atoms with Gasteiger partial charge in [0.2, 0.25) is 0 Å². The van der Waals surface area contributed by atoms with Crippen molar-refractivity contribution in [2.24, 2.45) is 0 Å². The van der Waals surface area contributed by atoms with Gasteiger partial charge in [0.05, 0.1) is 18.8 Å². The first-order valence-corrected chi connectivity index (χ1v) is 10.5. The maximum absolute atomic E-state index is 12.2. The van der Waals surface area contributed by atoms with E-state index in [9.17, 15) is 19.2 Å². The van der Waals surface area contributed by atoms with Crippen molar-refractivity contribution in [3.05, 3.63) is 52.3 Å². The molecule has 3 rings (SSSR count). The van der Waals surface area contributed by atoms with E-state index in [-0.39, 0.29) is 25.5 Å². The number of aromatic nitrogens is 1. The van der Waals surface area contributed by atoms with Gasteiger partial charge in [0.25, 0.3) is 5.91 Å². The highest BCUT2D eigenvalue weighted by molar-refractivity contribution is 6.35. The fourth-order valence-corrected chi connectivity index (χ4v) is 3.30. The van der Waals surface area contributed by atoms with Crippen LogP contribution in [-0.4, -0.2) is 47.1 Å². The van der Waals surface area contributed by atoms with Gasteiger partial charge in [-0.3, -0.25) is 9.59 Å². The summed E-state index contributed by atoms with van der Waals surface area (Å²) in [5.41, 5.74) is 6.22. The molecule has 0 saturated carbocycles. The maximum Gasteiger partial charge on any atom is 0.417 e. The number of carboxylic acids is 1. The number of aromatic amines is 1. The number of esters is 2. The normalized spacial score (nSPS) is 13.0. The SMILES string of the molecule is CCOC(=O)C(=O)OCC.Cc1cccc2c1C(=Cc1[nH]cc(CCC(=O)O)c1C)C(=O)N2. The third-order valence-electron chi connectivity index (χ3n) is 4.94. The molecule has 0 bridgehead atoms. The average Bonchev–Trinajstić information content (AvgIpc) is 3.27. The molecular formula is C24H28N2O7. The molecule has 1 aromatic carbocycles. The zero-order chi connectivity index (χ0) is 24.5. The number of carbonyl (C=O) groups excluding carboxylic acids is 3. The van der Waals surface area contributed by atoms with Crippen molar-refractivity contribution in [1.29, 1.82) is 0 Å². The molecule has 1 aliphatic rings. The monoisotopic (exact) mass is 456 g/mol. The second-order valence-electron chi connectivity index (χ2n) is 7.20. The van der Waals surface area contributed by atoms with Crippen molar-refractivity contribution in [2.75, 3.05) is 18.5 Å². The standard InChI is InChI=1S/C18H18N2O3.C6H10O4/c1-10-4-3-5-14-17(10)13(18(23)20-14)8-15-11(2)12(9-19-15)6-7-16(21)22;1-3-9-5(7)6(8)10-4-2/h3-5,8-9,19H,6-7H2,1-2H3,(H,20,23)(H,21,22);3-4H2,1-2H3. The highest BCUT2D eigenvalue weighted by Crippen LogP contribution is 2.35. The van der Waals surface area contributed by atoms with Crippen LogP contribution in [0.25, 0.3) is 11.6 Å². The highest BCUT2D eigenvalue weighted by Gasteiger charge is 2.26. The summed E-state index contributed by atoms with van der Waals surface area (Å²) in [6.07, 6.45) is 4.23. The predicted octanol–water partition coefficient (Wildman–Crippen LogP) is 3.25. The molecule has 2 heterocycles. The molecule has 176 valence electrons. The Labute approximate surface area is 191 Å². The van der Waals surface area contributed by atoms with Gasteiger partial charge in [-0.1, -0.05) is 12.1 Å². The van der Waals surface area contributed by atoms with Crippen LogP contribution in [0.3, 0.4) is 0 Å². The minimum absolute atomic E-state index is 0.0944. The van der Waals surface area contributed by atoms with Crippen LogP contribution in [0.2, 0.25) is 0 Å². The van der Waals surface area contributed by atoms with Crippen LogP contribution in [0, 0.1) is 13.8 Å². The molecule has 33 heavy (non-hydrogen) atoms. The van der Waals surface area contributed by atoms with E-state index in [1.54, 1.807) is 13.8 Å².